The standard InChI is InChI=1S/C17H10F7INO2/c1-2-9-7-11(25)8-13(15(18,16(19,20)21)17(22,23)24)14(9)10-3-5-12(6-4-10)26(27)28/h3-6,8H,2H2,1H3. The van der Waals surface area contributed by atoms with E-state index in [2.05, 4.69) is 6.07 Å². The maximum Gasteiger partial charge on any atom is 0.435 e. The summed E-state index contributed by atoms with van der Waals surface area (Å²) >= 11 is 1.45. The van der Waals surface area contributed by atoms with Gasteiger partial charge in [-0.15, -0.1) is 0 Å². The molecule has 2 rings (SSSR count). The van der Waals surface area contributed by atoms with E-state index in [0.717, 1.165) is 24.3 Å². The topological polar surface area (TPSA) is 43.1 Å². The number of nitrogens with zero attached hydrogens (tertiary/aromatic N) is 1. The molecule has 3 nitrogen and oxygen atoms in total. The maximum atomic E-state index is 14.8. The second kappa shape index (κ2) is 7.48. The Morgan fingerprint density at radius 2 is 1.54 bits per heavy atom. The van der Waals surface area contributed by atoms with Gasteiger partial charge in [0.15, 0.2) is 0 Å². The van der Waals surface area contributed by atoms with Gasteiger partial charge in [-0.05, 0) is 63.9 Å². The Labute approximate surface area is 167 Å². The van der Waals surface area contributed by atoms with Crippen LogP contribution in [0.2, 0.25) is 0 Å². The molecule has 0 unspecified atom stereocenters. The van der Waals surface area contributed by atoms with Crippen LogP contribution in [0.3, 0.4) is 0 Å². The lowest BCUT2D eigenvalue weighted by atomic mass is 9.84. The van der Waals surface area contributed by atoms with E-state index >= 15 is 0 Å². The Hall–Kier alpha value is -1.92. The molecule has 0 heterocycles. The highest BCUT2D eigenvalue weighted by molar-refractivity contribution is 14.1. The first-order valence-corrected chi connectivity index (χ1v) is 8.64. The third kappa shape index (κ3) is 3.80. The van der Waals surface area contributed by atoms with Gasteiger partial charge in [0.05, 0.1) is 4.92 Å². The first-order valence-electron chi connectivity index (χ1n) is 7.56. The van der Waals surface area contributed by atoms with Crippen molar-refractivity contribution in [1.82, 2.24) is 0 Å². The summed E-state index contributed by atoms with van der Waals surface area (Å²) in [5.74, 6) is 0. The Balaban J connectivity index is 2.92. The second-order valence-corrected chi connectivity index (χ2v) is 6.86. The number of nitro groups is 1. The molecule has 28 heavy (non-hydrogen) atoms. The summed E-state index contributed by atoms with van der Waals surface area (Å²) in [5, 5.41) is 10.7. The van der Waals surface area contributed by atoms with Crippen LogP contribution in [0, 0.1) is 19.8 Å². The monoisotopic (exact) mass is 520 g/mol. The first-order chi connectivity index (χ1) is 12.7. The van der Waals surface area contributed by atoms with Gasteiger partial charge in [-0.3, -0.25) is 10.1 Å². The lowest BCUT2D eigenvalue weighted by molar-refractivity contribution is -0.384. The van der Waals surface area contributed by atoms with Crippen molar-refractivity contribution in [3.05, 3.63) is 61.2 Å². The summed E-state index contributed by atoms with van der Waals surface area (Å²) < 4.78 is 94.6. The number of nitro benzene ring substituents is 1. The van der Waals surface area contributed by atoms with Gasteiger partial charge in [-0.1, -0.05) is 6.92 Å². The number of rotatable bonds is 4. The maximum absolute atomic E-state index is 14.8. The molecule has 151 valence electrons. The van der Waals surface area contributed by atoms with Crippen molar-refractivity contribution in [3.63, 3.8) is 0 Å². The van der Waals surface area contributed by atoms with E-state index in [1.807, 2.05) is 0 Å². The van der Waals surface area contributed by atoms with Crippen molar-refractivity contribution in [2.45, 2.75) is 31.4 Å². The van der Waals surface area contributed by atoms with Crippen molar-refractivity contribution in [3.8, 4) is 11.1 Å². The average Bonchev–Trinajstić information content (AvgIpc) is 2.58. The Morgan fingerprint density at radius 1 is 1.04 bits per heavy atom. The molecule has 0 bridgehead atoms. The fraction of sp³-hybridized carbons (Fsp3) is 0.294. The molecule has 11 heteroatoms. The summed E-state index contributed by atoms with van der Waals surface area (Å²) in [7, 11) is 0. The highest BCUT2D eigenvalue weighted by Crippen LogP contribution is 2.56. The molecule has 0 aliphatic carbocycles. The Bertz CT molecular complexity index is 878. The van der Waals surface area contributed by atoms with E-state index in [4.69, 9.17) is 0 Å². The fourth-order valence-corrected chi connectivity index (χ4v) is 3.32. The quantitative estimate of drug-likeness (QED) is 0.200. The third-order valence-electron chi connectivity index (χ3n) is 3.99. The smallest absolute Gasteiger partial charge is 0.258 e. The van der Waals surface area contributed by atoms with E-state index in [-0.39, 0.29) is 21.1 Å². The molecular formula is C17H10F7INO2. The average molecular weight is 520 g/mol. The fourth-order valence-electron chi connectivity index (χ4n) is 2.69. The van der Waals surface area contributed by atoms with E-state index in [1.165, 1.54) is 29.5 Å². The number of hydrogen-bond acceptors (Lipinski definition) is 2. The molecule has 0 atom stereocenters. The zero-order chi connectivity index (χ0) is 21.5. The molecular weight excluding hydrogens is 510 g/mol. The summed E-state index contributed by atoms with van der Waals surface area (Å²) in [4.78, 5) is 9.97. The highest BCUT2D eigenvalue weighted by atomic mass is 127. The largest absolute Gasteiger partial charge is 0.435 e. The predicted molar refractivity (Wildman–Crippen MR) is 94.4 cm³/mol. The number of hydrogen-bond donors (Lipinski definition) is 0. The number of alkyl halides is 7. The highest BCUT2D eigenvalue weighted by Gasteiger charge is 2.74. The molecule has 0 fully saturated rings. The van der Waals surface area contributed by atoms with Gasteiger partial charge in [0.2, 0.25) is 0 Å². The van der Waals surface area contributed by atoms with Gasteiger partial charge < -0.3 is 0 Å². The molecule has 1 radical (unpaired) electrons. The minimum Gasteiger partial charge on any atom is -0.258 e. The van der Waals surface area contributed by atoms with Gasteiger partial charge in [0.25, 0.3) is 5.69 Å². The number of aryl methyl sites for hydroxylation is 1. The molecule has 0 saturated heterocycles. The van der Waals surface area contributed by atoms with E-state index < -0.39 is 39.8 Å². The van der Waals surface area contributed by atoms with Crippen LogP contribution >= 0.6 is 22.6 Å². The summed E-state index contributed by atoms with van der Waals surface area (Å²) in [6.07, 6.45) is -12.6. The van der Waals surface area contributed by atoms with Crippen LogP contribution in [-0.2, 0) is 12.1 Å². The molecule has 0 N–H and O–H groups in total. The molecule has 0 aliphatic heterocycles. The predicted octanol–water partition coefficient (Wildman–Crippen LogP) is 6.52. The normalized spacial score (nSPS) is 12.9. The van der Waals surface area contributed by atoms with Crippen molar-refractivity contribution in [2.24, 2.45) is 0 Å². The zero-order valence-corrected chi connectivity index (χ0v) is 16.0. The van der Waals surface area contributed by atoms with Crippen LogP contribution in [0.25, 0.3) is 11.1 Å². The van der Waals surface area contributed by atoms with Crippen LogP contribution in [0.1, 0.15) is 18.1 Å². The number of benzene rings is 2. The van der Waals surface area contributed by atoms with Crippen LogP contribution in [0.15, 0.2) is 30.3 Å². The molecule has 2 aromatic carbocycles. The molecule has 0 spiro atoms. The number of halogens is 8. The Morgan fingerprint density at radius 3 is 1.93 bits per heavy atom. The molecule has 0 amide bonds. The van der Waals surface area contributed by atoms with E-state index in [0.29, 0.717) is 6.07 Å². The van der Waals surface area contributed by atoms with Crippen LogP contribution in [0.4, 0.5) is 36.4 Å². The van der Waals surface area contributed by atoms with Crippen LogP contribution in [0.5, 0.6) is 0 Å². The minimum absolute atomic E-state index is 0.0397. The van der Waals surface area contributed by atoms with E-state index in [9.17, 15) is 40.8 Å². The summed E-state index contributed by atoms with van der Waals surface area (Å²) in [6, 6.07) is 6.85. The molecule has 2 aromatic rings. The first kappa shape index (κ1) is 22.4. The molecule has 0 aromatic heterocycles. The van der Waals surface area contributed by atoms with Crippen molar-refractivity contribution in [1.29, 1.82) is 0 Å². The van der Waals surface area contributed by atoms with Gasteiger partial charge in [0, 0.05) is 27.3 Å². The zero-order valence-electron chi connectivity index (χ0n) is 13.9. The van der Waals surface area contributed by atoms with E-state index in [1.54, 1.807) is 0 Å². The third-order valence-corrected chi connectivity index (χ3v) is 4.57. The second-order valence-electron chi connectivity index (χ2n) is 5.70. The van der Waals surface area contributed by atoms with Crippen molar-refractivity contribution in [2.75, 3.05) is 0 Å². The van der Waals surface area contributed by atoms with Gasteiger partial charge in [0.1, 0.15) is 0 Å². The summed E-state index contributed by atoms with van der Waals surface area (Å²) in [6.45, 7) is 1.46. The number of non-ortho nitro benzene ring substituents is 1. The van der Waals surface area contributed by atoms with Crippen molar-refractivity contribution >= 4 is 28.3 Å². The van der Waals surface area contributed by atoms with Gasteiger partial charge >= 0.3 is 18.0 Å². The van der Waals surface area contributed by atoms with Crippen molar-refractivity contribution < 1.29 is 35.7 Å². The van der Waals surface area contributed by atoms with Gasteiger partial charge in [-0.2, -0.15) is 26.3 Å². The summed E-state index contributed by atoms with van der Waals surface area (Å²) in [5.41, 5.74) is -8.62. The lowest BCUT2D eigenvalue weighted by Crippen LogP contribution is -2.50. The van der Waals surface area contributed by atoms with Crippen LogP contribution in [-0.4, -0.2) is 17.3 Å². The lowest BCUT2D eigenvalue weighted by Gasteiger charge is -2.32. The minimum atomic E-state index is -6.28. The SMILES string of the molecule is CCc1[c]c(I)cc(C(F)(C(F)(F)F)C(F)(F)F)c1-c1ccc([N+](=O)[O-])cc1. The molecule has 0 aliphatic rings. The van der Waals surface area contributed by atoms with Crippen LogP contribution < -0.4 is 0 Å². The van der Waals surface area contributed by atoms with Gasteiger partial charge in [-0.25, -0.2) is 4.39 Å². The molecule has 0 saturated carbocycles. The Kier molecular flexibility index (Phi) is 5.98.